The van der Waals surface area contributed by atoms with Gasteiger partial charge < -0.3 is 4.90 Å². The van der Waals surface area contributed by atoms with E-state index in [0.29, 0.717) is 5.69 Å². The van der Waals surface area contributed by atoms with Crippen LogP contribution < -0.4 is 4.90 Å². The Morgan fingerprint density at radius 2 is 1.95 bits per heavy atom. The maximum absolute atomic E-state index is 13.6. The Balaban J connectivity index is 2.14. The molecule has 2 rings (SSSR count). The molecule has 0 saturated carbocycles. The largest absolute Gasteiger partial charge is 0.313 e. The van der Waals surface area contributed by atoms with Crippen LogP contribution in [0.1, 0.15) is 5.56 Å². The van der Waals surface area contributed by atoms with Crippen molar-refractivity contribution in [2.45, 2.75) is 6.42 Å². The second-order valence-electron chi connectivity index (χ2n) is 4.21. The van der Waals surface area contributed by atoms with Crippen LogP contribution in [0.4, 0.5) is 10.1 Å². The van der Waals surface area contributed by atoms with Gasteiger partial charge in [0.1, 0.15) is 5.82 Å². The minimum atomic E-state index is -0.396. The minimum Gasteiger partial charge on any atom is -0.313 e. The van der Waals surface area contributed by atoms with Crippen LogP contribution >= 0.6 is 15.9 Å². The monoisotopic (exact) mass is 321 g/mol. The lowest BCUT2D eigenvalue weighted by molar-refractivity contribution is -0.117. The van der Waals surface area contributed by atoms with Crippen molar-refractivity contribution in [2.75, 3.05) is 11.9 Å². The summed E-state index contributed by atoms with van der Waals surface area (Å²) in [4.78, 5) is 13.5. The first kappa shape index (κ1) is 13.7. The Morgan fingerprint density at radius 3 is 2.63 bits per heavy atom. The Bertz CT molecular complexity index is 600. The number of likely N-dealkylation sites (N-methyl/N-ethyl adjacent to an activating group) is 1. The molecule has 2 aromatic rings. The predicted octanol–water partition coefficient (Wildman–Crippen LogP) is 3.79. The molecule has 1 amide bonds. The van der Waals surface area contributed by atoms with Gasteiger partial charge in [0.25, 0.3) is 0 Å². The fraction of sp³-hybridized carbons (Fsp3) is 0.133. The zero-order valence-corrected chi connectivity index (χ0v) is 12.0. The number of carbonyl (C=O) groups is 1. The van der Waals surface area contributed by atoms with E-state index in [1.165, 1.54) is 11.0 Å². The van der Waals surface area contributed by atoms with Gasteiger partial charge >= 0.3 is 0 Å². The smallest absolute Gasteiger partial charge is 0.231 e. The molecule has 0 bridgehead atoms. The lowest BCUT2D eigenvalue weighted by atomic mass is 10.1. The van der Waals surface area contributed by atoms with Gasteiger partial charge in [0.05, 0.1) is 12.1 Å². The molecule has 98 valence electrons. The molecule has 0 heterocycles. The van der Waals surface area contributed by atoms with Crippen LogP contribution in [-0.4, -0.2) is 13.0 Å². The van der Waals surface area contributed by atoms with Crippen LogP contribution in [0.15, 0.2) is 53.0 Å². The van der Waals surface area contributed by atoms with E-state index in [1.807, 2.05) is 24.3 Å². The van der Waals surface area contributed by atoms with E-state index in [0.717, 1.165) is 10.0 Å². The minimum absolute atomic E-state index is 0.150. The average molecular weight is 322 g/mol. The van der Waals surface area contributed by atoms with Crippen molar-refractivity contribution in [3.8, 4) is 0 Å². The molecule has 19 heavy (non-hydrogen) atoms. The fourth-order valence-corrected chi connectivity index (χ4v) is 2.24. The van der Waals surface area contributed by atoms with Gasteiger partial charge in [-0.3, -0.25) is 4.79 Å². The van der Waals surface area contributed by atoms with E-state index in [-0.39, 0.29) is 12.3 Å². The predicted molar refractivity (Wildman–Crippen MR) is 77.7 cm³/mol. The van der Waals surface area contributed by atoms with E-state index in [2.05, 4.69) is 15.9 Å². The first-order valence-electron chi connectivity index (χ1n) is 5.83. The normalized spacial score (nSPS) is 10.3. The molecule has 0 atom stereocenters. The van der Waals surface area contributed by atoms with Gasteiger partial charge in [0.15, 0.2) is 0 Å². The van der Waals surface area contributed by atoms with Crippen molar-refractivity contribution in [3.05, 3.63) is 64.4 Å². The number of rotatable bonds is 3. The van der Waals surface area contributed by atoms with Gasteiger partial charge in [-0.2, -0.15) is 0 Å². The number of nitrogens with zero attached hydrogens (tertiary/aromatic N) is 1. The quantitative estimate of drug-likeness (QED) is 0.842. The van der Waals surface area contributed by atoms with Crippen LogP contribution in [0.25, 0.3) is 0 Å². The Morgan fingerprint density at radius 1 is 1.21 bits per heavy atom. The van der Waals surface area contributed by atoms with E-state index in [1.54, 1.807) is 25.2 Å². The van der Waals surface area contributed by atoms with Crippen LogP contribution in [0.5, 0.6) is 0 Å². The zero-order valence-electron chi connectivity index (χ0n) is 10.4. The van der Waals surface area contributed by atoms with Gasteiger partial charge in [0.2, 0.25) is 5.91 Å². The molecule has 4 heteroatoms. The van der Waals surface area contributed by atoms with Crippen molar-refractivity contribution in [1.82, 2.24) is 0 Å². The van der Waals surface area contributed by atoms with Crippen LogP contribution in [0.3, 0.4) is 0 Å². The first-order valence-corrected chi connectivity index (χ1v) is 6.63. The molecule has 0 N–H and O–H groups in total. The van der Waals surface area contributed by atoms with Crippen molar-refractivity contribution >= 4 is 27.5 Å². The fourth-order valence-electron chi connectivity index (χ4n) is 1.80. The Labute approximate surface area is 120 Å². The molecule has 0 aromatic heterocycles. The summed E-state index contributed by atoms with van der Waals surface area (Å²) in [5.74, 6) is -0.546. The number of anilines is 1. The number of para-hydroxylation sites is 1. The number of hydrogen-bond acceptors (Lipinski definition) is 1. The third-order valence-corrected chi connectivity index (χ3v) is 3.33. The highest BCUT2D eigenvalue weighted by atomic mass is 79.9. The van der Waals surface area contributed by atoms with E-state index >= 15 is 0 Å². The molecule has 0 saturated heterocycles. The van der Waals surface area contributed by atoms with Crippen LogP contribution in [0, 0.1) is 5.82 Å². The molecular formula is C15H13BrFNO. The van der Waals surface area contributed by atoms with Crippen LogP contribution in [0.2, 0.25) is 0 Å². The molecule has 0 unspecified atom stereocenters. The summed E-state index contributed by atoms with van der Waals surface area (Å²) in [6.45, 7) is 0. The highest BCUT2D eigenvalue weighted by Gasteiger charge is 2.14. The number of amides is 1. The molecule has 0 spiro atoms. The molecule has 2 aromatic carbocycles. The summed E-state index contributed by atoms with van der Waals surface area (Å²) >= 11 is 3.36. The molecule has 0 radical (unpaired) electrons. The second-order valence-corrected chi connectivity index (χ2v) is 5.13. The SMILES string of the molecule is CN(C(=O)Cc1cccc(Br)c1)c1ccccc1F. The zero-order chi connectivity index (χ0) is 13.8. The topological polar surface area (TPSA) is 20.3 Å². The van der Waals surface area contributed by atoms with Gasteiger partial charge in [-0.25, -0.2) is 4.39 Å². The molecule has 0 aliphatic heterocycles. The summed E-state index contributed by atoms with van der Waals surface area (Å²) in [7, 11) is 1.58. The average Bonchev–Trinajstić information content (AvgIpc) is 2.38. The molecule has 0 aliphatic carbocycles. The van der Waals surface area contributed by atoms with E-state index in [9.17, 15) is 9.18 Å². The molecule has 2 nitrogen and oxygen atoms in total. The van der Waals surface area contributed by atoms with Gasteiger partial charge in [0, 0.05) is 11.5 Å². The van der Waals surface area contributed by atoms with Crippen molar-refractivity contribution in [2.24, 2.45) is 0 Å². The first-order chi connectivity index (χ1) is 9.08. The van der Waals surface area contributed by atoms with Crippen molar-refractivity contribution < 1.29 is 9.18 Å². The summed E-state index contributed by atoms with van der Waals surface area (Å²) in [5, 5.41) is 0. The third-order valence-electron chi connectivity index (χ3n) is 2.83. The highest BCUT2D eigenvalue weighted by Crippen LogP contribution is 2.19. The van der Waals surface area contributed by atoms with Crippen molar-refractivity contribution in [1.29, 1.82) is 0 Å². The number of halogens is 2. The summed E-state index contributed by atoms with van der Waals surface area (Å²) in [5.41, 5.74) is 1.19. The molecule has 0 fully saturated rings. The molecule has 0 aliphatic rings. The summed E-state index contributed by atoms with van der Waals surface area (Å²) in [6, 6.07) is 13.8. The standard InChI is InChI=1S/C15H13BrFNO/c1-18(14-8-3-2-7-13(14)17)15(19)10-11-5-4-6-12(16)9-11/h2-9H,10H2,1H3. The summed E-state index contributed by atoms with van der Waals surface area (Å²) in [6.07, 6.45) is 0.240. The van der Waals surface area contributed by atoms with E-state index in [4.69, 9.17) is 0 Å². The van der Waals surface area contributed by atoms with Gasteiger partial charge in [-0.1, -0.05) is 40.2 Å². The third kappa shape index (κ3) is 3.41. The Hall–Kier alpha value is -1.68. The van der Waals surface area contributed by atoms with Gasteiger partial charge in [-0.05, 0) is 29.8 Å². The maximum atomic E-state index is 13.6. The van der Waals surface area contributed by atoms with E-state index < -0.39 is 5.82 Å². The van der Waals surface area contributed by atoms with Crippen molar-refractivity contribution in [3.63, 3.8) is 0 Å². The summed E-state index contributed by atoms with van der Waals surface area (Å²) < 4.78 is 14.5. The number of benzene rings is 2. The lowest BCUT2D eigenvalue weighted by Gasteiger charge is -2.18. The lowest BCUT2D eigenvalue weighted by Crippen LogP contribution is -2.28. The number of carbonyl (C=O) groups excluding carboxylic acids is 1. The second kappa shape index (κ2) is 5.97. The Kier molecular flexibility index (Phi) is 4.32. The van der Waals surface area contributed by atoms with Gasteiger partial charge in [-0.15, -0.1) is 0 Å². The number of hydrogen-bond donors (Lipinski definition) is 0. The molecular weight excluding hydrogens is 309 g/mol. The highest BCUT2D eigenvalue weighted by molar-refractivity contribution is 9.10. The maximum Gasteiger partial charge on any atom is 0.231 e. The van der Waals surface area contributed by atoms with Crippen LogP contribution in [-0.2, 0) is 11.2 Å².